The average molecular weight is 446 g/mol. The van der Waals surface area contributed by atoms with Crippen LogP contribution in [0.2, 0.25) is 0 Å². The zero-order valence-corrected chi connectivity index (χ0v) is 17.4. The lowest BCUT2D eigenvalue weighted by Crippen LogP contribution is -2.20. The quantitative estimate of drug-likeness (QED) is 0.359. The topological polar surface area (TPSA) is 128 Å². The molecule has 0 saturated carbocycles. The fraction of sp³-hybridized carbons (Fsp3) is 0.0833. The van der Waals surface area contributed by atoms with Crippen molar-refractivity contribution < 1.29 is 29.3 Å². The molecule has 2 heterocycles. The lowest BCUT2D eigenvalue weighted by atomic mass is 10.1. The fourth-order valence-corrected chi connectivity index (χ4v) is 3.36. The highest BCUT2D eigenvalue weighted by atomic mass is 16.5. The van der Waals surface area contributed by atoms with Crippen LogP contribution in [-0.4, -0.2) is 38.4 Å². The van der Waals surface area contributed by atoms with Gasteiger partial charge in [-0.15, -0.1) is 0 Å². The number of fused-ring (bicyclic) bond motifs is 1. The van der Waals surface area contributed by atoms with E-state index >= 15 is 0 Å². The largest absolute Gasteiger partial charge is 0.507 e. The first kappa shape index (κ1) is 21.6. The zero-order chi connectivity index (χ0) is 23.5. The van der Waals surface area contributed by atoms with Crippen molar-refractivity contribution in [3.8, 4) is 28.5 Å². The minimum Gasteiger partial charge on any atom is -0.507 e. The number of aromatic hydroxyl groups is 2. The third-order valence-electron chi connectivity index (χ3n) is 4.82. The molecule has 0 amide bonds. The van der Waals surface area contributed by atoms with E-state index in [4.69, 9.17) is 9.47 Å². The van der Waals surface area contributed by atoms with Gasteiger partial charge in [0.1, 0.15) is 5.75 Å². The van der Waals surface area contributed by atoms with Gasteiger partial charge in [0.15, 0.2) is 16.9 Å². The summed E-state index contributed by atoms with van der Waals surface area (Å²) in [5.74, 6) is -1.49. The lowest BCUT2D eigenvalue weighted by molar-refractivity contribution is 0.0729. The normalized spacial score (nSPS) is 10.7. The molecule has 0 aliphatic heterocycles. The standard InChI is InChI=1S/C24H18N2O7/c1-2-32-24(31)26-16-6-3-7-18(27)22(16)20(29)12-17(26)14-8-9-21(19(28)11-14)33-23(30)15-5-4-10-25-13-15/h3-13,27-28H,2H2,1H3. The molecular weight excluding hydrogens is 428 g/mol. The molecule has 0 radical (unpaired) electrons. The molecule has 4 rings (SSSR count). The van der Waals surface area contributed by atoms with E-state index in [0.29, 0.717) is 0 Å². The van der Waals surface area contributed by atoms with Gasteiger partial charge in [-0.05, 0) is 49.4 Å². The molecule has 33 heavy (non-hydrogen) atoms. The number of benzene rings is 2. The molecule has 0 aliphatic carbocycles. The number of phenols is 2. The Morgan fingerprint density at radius 3 is 2.55 bits per heavy atom. The highest BCUT2D eigenvalue weighted by Crippen LogP contribution is 2.34. The number of hydrogen-bond donors (Lipinski definition) is 2. The Morgan fingerprint density at radius 2 is 1.85 bits per heavy atom. The minimum atomic E-state index is -0.769. The predicted octanol–water partition coefficient (Wildman–Crippen LogP) is 3.70. The third-order valence-corrected chi connectivity index (χ3v) is 4.82. The van der Waals surface area contributed by atoms with E-state index in [-0.39, 0.29) is 51.6 Å². The smallest absolute Gasteiger partial charge is 0.418 e. The van der Waals surface area contributed by atoms with Gasteiger partial charge < -0.3 is 19.7 Å². The van der Waals surface area contributed by atoms with Gasteiger partial charge in [0.25, 0.3) is 0 Å². The van der Waals surface area contributed by atoms with Crippen molar-refractivity contribution in [3.63, 3.8) is 0 Å². The molecule has 2 N–H and O–H groups in total. The van der Waals surface area contributed by atoms with Crippen molar-refractivity contribution in [3.05, 3.63) is 82.8 Å². The monoisotopic (exact) mass is 446 g/mol. The summed E-state index contributed by atoms with van der Waals surface area (Å²) in [4.78, 5) is 41.6. The Labute approximate surface area is 187 Å². The summed E-state index contributed by atoms with van der Waals surface area (Å²) in [7, 11) is 0. The first-order valence-electron chi connectivity index (χ1n) is 9.91. The molecule has 166 valence electrons. The second-order valence-electron chi connectivity index (χ2n) is 6.91. The van der Waals surface area contributed by atoms with E-state index in [1.54, 1.807) is 13.0 Å². The lowest BCUT2D eigenvalue weighted by Gasteiger charge is -2.16. The Bertz CT molecular complexity index is 1430. The van der Waals surface area contributed by atoms with Crippen LogP contribution >= 0.6 is 0 Å². The van der Waals surface area contributed by atoms with Crippen LogP contribution in [0.4, 0.5) is 4.79 Å². The van der Waals surface area contributed by atoms with E-state index in [9.17, 15) is 24.6 Å². The van der Waals surface area contributed by atoms with Crippen molar-refractivity contribution in [1.82, 2.24) is 9.55 Å². The van der Waals surface area contributed by atoms with Gasteiger partial charge in [0.2, 0.25) is 0 Å². The Kier molecular flexibility index (Phi) is 5.77. The van der Waals surface area contributed by atoms with Crippen LogP contribution in [0.3, 0.4) is 0 Å². The Morgan fingerprint density at radius 1 is 1.03 bits per heavy atom. The van der Waals surface area contributed by atoms with Crippen LogP contribution in [0.1, 0.15) is 17.3 Å². The minimum absolute atomic E-state index is 0.0412. The first-order chi connectivity index (χ1) is 15.9. The number of carbonyl (C=O) groups is 2. The molecule has 9 nitrogen and oxygen atoms in total. The van der Waals surface area contributed by atoms with Gasteiger partial charge in [0.05, 0.1) is 28.8 Å². The Balaban J connectivity index is 1.81. The van der Waals surface area contributed by atoms with Crippen molar-refractivity contribution in [2.75, 3.05) is 6.61 Å². The molecule has 0 fully saturated rings. The Hall–Kier alpha value is -4.66. The number of hydrogen-bond acceptors (Lipinski definition) is 8. The molecule has 0 atom stereocenters. The third kappa shape index (κ3) is 4.11. The molecule has 2 aromatic carbocycles. The molecule has 0 saturated heterocycles. The van der Waals surface area contributed by atoms with E-state index in [1.807, 2.05) is 0 Å². The summed E-state index contributed by atoms with van der Waals surface area (Å²) in [6.07, 6.45) is 2.07. The molecule has 9 heteroatoms. The number of ether oxygens (including phenoxy) is 2. The van der Waals surface area contributed by atoms with E-state index < -0.39 is 17.5 Å². The van der Waals surface area contributed by atoms with E-state index in [0.717, 1.165) is 10.6 Å². The molecule has 0 spiro atoms. The average Bonchev–Trinajstić information content (AvgIpc) is 2.80. The summed E-state index contributed by atoms with van der Waals surface area (Å²) in [6.45, 7) is 1.72. The fourth-order valence-electron chi connectivity index (χ4n) is 3.36. The van der Waals surface area contributed by atoms with E-state index in [2.05, 4.69) is 4.98 Å². The van der Waals surface area contributed by atoms with Gasteiger partial charge in [-0.3, -0.25) is 9.78 Å². The molecule has 0 bridgehead atoms. The molecule has 4 aromatic rings. The van der Waals surface area contributed by atoms with Gasteiger partial charge in [-0.25, -0.2) is 14.2 Å². The maximum Gasteiger partial charge on any atom is 0.418 e. The highest BCUT2D eigenvalue weighted by Gasteiger charge is 2.20. The first-order valence-corrected chi connectivity index (χ1v) is 9.91. The van der Waals surface area contributed by atoms with Gasteiger partial charge in [-0.2, -0.15) is 0 Å². The second kappa shape index (κ2) is 8.83. The zero-order valence-electron chi connectivity index (χ0n) is 17.4. The van der Waals surface area contributed by atoms with E-state index in [1.165, 1.54) is 54.9 Å². The van der Waals surface area contributed by atoms with Crippen LogP contribution in [0.25, 0.3) is 22.2 Å². The van der Waals surface area contributed by atoms with Gasteiger partial charge >= 0.3 is 12.1 Å². The molecule has 2 aromatic heterocycles. The molecule has 0 aliphatic rings. The van der Waals surface area contributed by atoms with Crippen LogP contribution in [0, 0.1) is 0 Å². The van der Waals surface area contributed by atoms with Gasteiger partial charge in [0, 0.05) is 24.0 Å². The van der Waals surface area contributed by atoms with Crippen molar-refractivity contribution in [2.45, 2.75) is 6.92 Å². The predicted molar refractivity (Wildman–Crippen MR) is 119 cm³/mol. The van der Waals surface area contributed by atoms with Gasteiger partial charge in [-0.1, -0.05) is 6.07 Å². The summed E-state index contributed by atoms with van der Waals surface area (Å²) in [5, 5.41) is 20.6. The van der Waals surface area contributed by atoms with Crippen LogP contribution < -0.4 is 10.2 Å². The summed E-state index contributed by atoms with van der Waals surface area (Å²) in [6, 6.07) is 12.7. The number of carbonyl (C=O) groups excluding carboxylic acids is 2. The number of nitrogens with zero attached hydrogens (tertiary/aromatic N) is 2. The number of phenolic OH excluding ortho intramolecular Hbond substituents is 2. The number of aromatic nitrogens is 2. The summed E-state index contributed by atoms with van der Waals surface area (Å²) >= 11 is 0. The molecular formula is C24H18N2O7. The molecule has 0 unspecified atom stereocenters. The second-order valence-corrected chi connectivity index (χ2v) is 6.91. The SMILES string of the molecule is CCOC(=O)n1c(-c2ccc(OC(=O)c3cccnc3)c(O)c2)cc(=O)c2c(O)cccc21. The van der Waals surface area contributed by atoms with Crippen LogP contribution in [0.15, 0.2) is 71.8 Å². The maximum absolute atomic E-state index is 12.7. The number of rotatable bonds is 4. The maximum atomic E-state index is 12.7. The van der Waals surface area contributed by atoms with Crippen molar-refractivity contribution in [2.24, 2.45) is 0 Å². The number of pyridine rings is 2. The number of esters is 1. The summed E-state index contributed by atoms with van der Waals surface area (Å²) in [5.41, 5.74) is 0.222. The van der Waals surface area contributed by atoms with Crippen LogP contribution in [-0.2, 0) is 4.74 Å². The van der Waals surface area contributed by atoms with Crippen LogP contribution in [0.5, 0.6) is 17.2 Å². The highest BCUT2D eigenvalue weighted by molar-refractivity contribution is 5.95. The summed E-state index contributed by atoms with van der Waals surface area (Å²) < 4.78 is 11.5. The van der Waals surface area contributed by atoms with Crippen molar-refractivity contribution >= 4 is 23.0 Å². The van der Waals surface area contributed by atoms with Crippen molar-refractivity contribution in [1.29, 1.82) is 0 Å².